The van der Waals surface area contributed by atoms with Crippen LogP contribution in [0.15, 0.2) is 30.7 Å². The van der Waals surface area contributed by atoms with E-state index in [2.05, 4.69) is 14.9 Å². The largest absolute Gasteiger partial charge is 0.504 e. The fourth-order valence-corrected chi connectivity index (χ4v) is 3.01. The van der Waals surface area contributed by atoms with Gasteiger partial charge in [0.1, 0.15) is 0 Å². The molecule has 130 valence electrons. The lowest BCUT2D eigenvalue weighted by atomic mass is 10.1. The van der Waals surface area contributed by atoms with E-state index in [1.54, 1.807) is 18.6 Å². The number of hydrogen-bond acceptors (Lipinski definition) is 5. The van der Waals surface area contributed by atoms with Gasteiger partial charge in [-0.3, -0.25) is 4.90 Å². The Morgan fingerprint density at radius 3 is 2.88 bits per heavy atom. The number of piperidine rings is 1. The van der Waals surface area contributed by atoms with Crippen LogP contribution >= 0.6 is 0 Å². The molecule has 0 aliphatic carbocycles. The highest BCUT2D eigenvalue weighted by atomic mass is 16.5. The minimum Gasteiger partial charge on any atom is -0.504 e. The Hall–Kier alpha value is -2.05. The third kappa shape index (κ3) is 4.27. The van der Waals surface area contributed by atoms with E-state index in [9.17, 15) is 5.11 Å². The summed E-state index contributed by atoms with van der Waals surface area (Å²) in [6, 6.07) is 5.69. The van der Waals surface area contributed by atoms with E-state index in [4.69, 9.17) is 9.47 Å². The van der Waals surface area contributed by atoms with Crippen molar-refractivity contribution in [3.05, 3.63) is 42.0 Å². The van der Waals surface area contributed by atoms with Crippen LogP contribution in [0.25, 0.3) is 0 Å². The summed E-state index contributed by atoms with van der Waals surface area (Å²) >= 11 is 0. The molecule has 24 heavy (non-hydrogen) atoms. The number of aromatic hydroxyl groups is 1. The molecular formula is C18H25N3O3. The first-order valence-corrected chi connectivity index (χ1v) is 8.51. The highest BCUT2D eigenvalue weighted by Gasteiger charge is 2.21. The number of nitrogens with zero attached hydrogens (tertiary/aromatic N) is 2. The topological polar surface area (TPSA) is 70.6 Å². The van der Waals surface area contributed by atoms with Crippen LogP contribution in [-0.2, 0) is 17.9 Å². The van der Waals surface area contributed by atoms with Crippen molar-refractivity contribution in [1.29, 1.82) is 0 Å². The molecule has 1 aliphatic heterocycles. The summed E-state index contributed by atoms with van der Waals surface area (Å²) in [6.45, 7) is 5.72. The number of phenols is 1. The Morgan fingerprint density at radius 2 is 2.17 bits per heavy atom. The van der Waals surface area contributed by atoms with Crippen molar-refractivity contribution in [2.24, 2.45) is 0 Å². The number of aromatic amines is 1. The maximum Gasteiger partial charge on any atom is 0.162 e. The highest BCUT2D eigenvalue weighted by Crippen LogP contribution is 2.31. The fourth-order valence-electron chi connectivity index (χ4n) is 3.01. The molecule has 1 fully saturated rings. The molecule has 1 aromatic carbocycles. The van der Waals surface area contributed by atoms with Crippen molar-refractivity contribution in [3.8, 4) is 11.5 Å². The summed E-state index contributed by atoms with van der Waals surface area (Å²) < 4.78 is 11.4. The van der Waals surface area contributed by atoms with Gasteiger partial charge in [0.25, 0.3) is 0 Å². The van der Waals surface area contributed by atoms with Crippen LogP contribution in [0, 0.1) is 0 Å². The molecule has 6 nitrogen and oxygen atoms in total. The van der Waals surface area contributed by atoms with Crippen LogP contribution < -0.4 is 4.74 Å². The van der Waals surface area contributed by atoms with Crippen LogP contribution in [0.3, 0.4) is 0 Å². The molecule has 0 bridgehead atoms. The molecule has 0 unspecified atom stereocenters. The number of hydrogen-bond donors (Lipinski definition) is 2. The summed E-state index contributed by atoms with van der Waals surface area (Å²) in [4.78, 5) is 9.40. The smallest absolute Gasteiger partial charge is 0.162 e. The van der Waals surface area contributed by atoms with E-state index in [0.717, 1.165) is 43.7 Å². The molecule has 0 radical (unpaired) electrons. The molecule has 0 spiro atoms. The van der Waals surface area contributed by atoms with Gasteiger partial charge < -0.3 is 19.6 Å². The molecule has 0 saturated carbocycles. The van der Waals surface area contributed by atoms with Crippen molar-refractivity contribution in [2.45, 2.75) is 39.0 Å². The second-order valence-corrected chi connectivity index (χ2v) is 6.06. The van der Waals surface area contributed by atoms with Gasteiger partial charge in [-0.25, -0.2) is 4.98 Å². The van der Waals surface area contributed by atoms with Crippen molar-refractivity contribution >= 4 is 0 Å². The van der Waals surface area contributed by atoms with Crippen LogP contribution in [-0.4, -0.2) is 45.8 Å². The Labute approximate surface area is 142 Å². The highest BCUT2D eigenvalue weighted by molar-refractivity contribution is 5.45. The van der Waals surface area contributed by atoms with Gasteiger partial charge in [-0.1, -0.05) is 12.1 Å². The SMILES string of the molecule is CCOc1cccc(CN2CCC(OCc3cnc[nH]3)CC2)c1O. The average Bonchev–Trinajstić information content (AvgIpc) is 3.12. The summed E-state index contributed by atoms with van der Waals surface area (Å²) in [5, 5.41) is 10.3. The van der Waals surface area contributed by atoms with Crippen LogP contribution in [0.2, 0.25) is 0 Å². The third-order valence-electron chi connectivity index (χ3n) is 4.34. The number of ether oxygens (including phenoxy) is 2. The van der Waals surface area contributed by atoms with E-state index in [1.807, 2.05) is 19.1 Å². The Morgan fingerprint density at radius 1 is 1.33 bits per heavy atom. The second kappa shape index (κ2) is 8.17. The first-order valence-electron chi connectivity index (χ1n) is 8.51. The Kier molecular flexibility index (Phi) is 5.72. The summed E-state index contributed by atoms with van der Waals surface area (Å²) in [5.41, 5.74) is 1.92. The van der Waals surface area contributed by atoms with Gasteiger partial charge in [0, 0.05) is 25.2 Å². The van der Waals surface area contributed by atoms with E-state index in [0.29, 0.717) is 19.0 Å². The normalized spacial score (nSPS) is 16.4. The summed E-state index contributed by atoms with van der Waals surface area (Å²) in [6.07, 6.45) is 5.75. The number of nitrogens with one attached hydrogen (secondary N) is 1. The molecule has 2 aromatic rings. The van der Waals surface area contributed by atoms with Crippen LogP contribution in [0.4, 0.5) is 0 Å². The first-order chi connectivity index (χ1) is 11.8. The van der Waals surface area contributed by atoms with Gasteiger partial charge in [-0.15, -0.1) is 0 Å². The number of likely N-dealkylation sites (tertiary alicyclic amines) is 1. The minimum atomic E-state index is 0.261. The van der Waals surface area contributed by atoms with Gasteiger partial charge in [-0.2, -0.15) is 0 Å². The van der Waals surface area contributed by atoms with Gasteiger partial charge in [-0.05, 0) is 25.8 Å². The Balaban J connectivity index is 1.48. The number of aromatic nitrogens is 2. The lowest BCUT2D eigenvalue weighted by Gasteiger charge is -2.32. The summed E-state index contributed by atoms with van der Waals surface area (Å²) in [7, 11) is 0. The lowest BCUT2D eigenvalue weighted by Crippen LogP contribution is -2.36. The van der Waals surface area contributed by atoms with Gasteiger partial charge in [0.05, 0.1) is 37.5 Å². The lowest BCUT2D eigenvalue weighted by molar-refractivity contribution is -0.00521. The maximum atomic E-state index is 10.3. The number of para-hydroxylation sites is 1. The molecule has 3 rings (SSSR count). The molecule has 1 aliphatic rings. The zero-order valence-corrected chi connectivity index (χ0v) is 14.1. The van der Waals surface area contributed by atoms with E-state index < -0.39 is 0 Å². The van der Waals surface area contributed by atoms with Gasteiger partial charge in [0.2, 0.25) is 0 Å². The van der Waals surface area contributed by atoms with Crippen LogP contribution in [0.1, 0.15) is 31.0 Å². The molecule has 1 saturated heterocycles. The number of rotatable bonds is 7. The Bertz CT molecular complexity index is 622. The monoisotopic (exact) mass is 331 g/mol. The number of benzene rings is 1. The van der Waals surface area contributed by atoms with E-state index >= 15 is 0 Å². The maximum absolute atomic E-state index is 10.3. The van der Waals surface area contributed by atoms with Crippen LogP contribution in [0.5, 0.6) is 11.5 Å². The predicted molar refractivity (Wildman–Crippen MR) is 91.0 cm³/mol. The quantitative estimate of drug-likeness (QED) is 0.816. The molecule has 2 heterocycles. The van der Waals surface area contributed by atoms with Crippen molar-refractivity contribution in [2.75, 3.05) is 19.7 Å². The molecule has 0 atom stereocenters. The first kappa shape index (κ1) is 16.8. The second-order valence-electron chi connectivity index (χ2n) is 6.06. The fraction of sp³-hybridized carbons (Fsp3) is 0.500. The molecule has 1 aromatic heterocycles. The van der Waals surface area contributed by atoms with Crippen molar-refractivity contribution < 1.29 is 14.6 Å². The van der Waals surface area contributed by atoms with E-state index in [1.165, 1.54) is 0 Å². The van der Waals surface area contributed by atoms with Crippen molar-refractivity contribution in [1.82, 2.24) is 14.9 Å². The molecular weight excluding hydrogens is 306 g/mol. The number of phenolic OH excluding ortho intramolecular Hbond substituents is 1. The van der Waals surface area contributed by atoms with Gasteiger partial charge >= 0.3 is 0 Å². The molecule has 2 N–H and O–H groups in total. The third-order valence-corrected chi connectivity index (χ3v) is 4.34. The van der Waals surface area contributed by atoms with E-state index in [-0.39, 0.29) is 11.9 Å². The number of imidazole rings is 1. The molecule has 6 heteroatoms. The number of H-pyrrole nitrogens is 1. The average molecular weight is 331 g/mol. The standard InChI is InChI=1S/C18H25N3O3/c1-2-23-17-5-3-4-14(18(17)22)11-21-8-6-16(7-9-21)24-12-15-10-19-13-20-15/h3-5,10,13,16,22H,2,6-9,11-12H2,1H3,(H,19,20). The minimum absolute atomic E-state index is 0.261. The summed E-state index contributed by atoms with van der Waals surface area (Å²) in [5.74, 6) is 0.824. The van der Waals surface area contributed by atoms with Crippen molar-refractivity contribution in [3.63, 3.8) is 0 Å². The predicted octanol–water partition coefficient (Wildman–Crippen LogP) is 2.70. The van der Waals surface area contributed by atoms with Gasteiger partial charge in [0.15, 0.2) is 11.5 Å². The zero-order chi connectivity index (χ0) is 16.8. The zero-order valence-electron chi connectivity index (χ0n) is 14.1. The molecule has 0 amide bonds.